The summed E-state index contributed by atoms with van der Waals surface area (Å²) >= 11 is 6.12. The van der Waals surface area contributed by atoms with Crippen LogP contribution >= 0.6 is 11.6 Å². The highest BCUT2D eigenvalue weighted by Crippen LogP contribution is 2.33. The monoisotopic (exact) mass is 411 g/mol. The van der Waals surface area contributed by atoms with Gasteiger partial charge in [-0.2, -0.15) is 4.98 Å². The van der Waals surface area contributed by atoms with Crippen LogP contribution in [-0.4, -0.2) is 29.7 Å². The fourth-order valence-corrected chi connectivity index (χ4v) is 3.73. The molecule has 1 aliphatic heterocycles. The molecule has 7 heteroatoms. The molecule has 0 saturated carbocycles. The average Bonchev–Trinajstić information content (AvgIpc) is 3.35. The maximum absolute atomic E-state index is 12.6. The van der Waals surface area contributed by atoms with Gasteiger partial charge in [-0.1, -0.05) is 35.0 Å². The summed E-state index contributed by atoms with van der Waals surface area (Å²) in [6, 6.07) is 13.5. The van der Waals surface area contributed by atoms with Gasteiger partial charge in [0.2, 0.25) is 11.8 Å². The summed E-state index contributed by atoms with van der Waals surface area (Å²) in [7, 11) is 1.65. The Morgan fingerprint density at radius 3 is 2.76 bits per heavy atom. The number of anilines is 1. The first-order valence-corrected chi connectivity index (χ1v) is 9.93. The Hall–Kier alpha value is -2.86. The predicted octanol–water partition coefficient (Wildman–Crippen LogP) is 4.35. The van der Waals surface area contributed by atoms with Crippen molar-refractivity contribution in [3.8, 4) is 5.75 Å². The third-order valence-electron chi connectivity index (χ3n) is 5.22. The number of ether oxygens (including phenoxy) is 1. The summed E-state index contributed by atoms with van der Waals surface area (Å²) in [4.78, 5) is 18.9. The minimum atomic E-state index is -0.0839. The second kappa shape index (κ2) is 8.25. The highest BCUT2D eigenvalue weighted by Gasteiger charge is 2.35. The van der Waals surface area contributed by atoms with E-state index in [2.05, 4.69) is 10.1 Å². The first-order valence-electron chi connectivity index (χ1n) is 9.55. The lowest BCUT2D eigenvalue weighted by molar-refractivity contribution is -0.117. The van der Waals surface area contributed by atoms with Gasteiger partial charge in [0, 0.05) is 36.0 Å². The first-order chi connectivity index (χ1) is 14.0. The number of carbonyl (C=O) groups is 1. The molecule has 1 unspecified atom stereocenters. The van der Waals surface area contributed by atoms with Crippen molar-refractivity contribution in [2.24, 2.45) is 0 Å². The van der Waals surface area contributed by atoms with E-state index >= 15 is 0 Å². The maximum Gasteiger partial charge on any atom is 0.227 e. The third kappa shape index (κ3) is 4.27. The van der Waals surface area contributed by atoms with Gasteiger partial charge in [0.1, 0.15) is 5.75 Å². The van der Waals surface area contributed by atoms with Gasteiger partial charge >= 0.3 is 0 Å². The molecule has 0 radical (unpaired) electrons. The van der Waals surface area contributed by atoms with Crippen molar-refractivity contribution in [3.63, 3.8) is 0 Å². The Morgan fingerprint density at radius 1 is 1.21 bits per heavy atom. The number of halogens is 1. The van der Waals surface area contributed by atoms with Gasteiger partial charge in [-0.15, -0.1) is 0 Å². The van der Waals surface area contributed by atoms with Crippen LogP contribution < -0.4 is 9.64 Å². The number of amides is 1. The number of rotatable bonds is 6. The molecule has 0 N–H and O–H groups in total. The zero-order valence-electron chi connectivity index (χ0n) is 16.4. The molecule has 0 spiro atoms. The van der Waals surface area contributed by atoms with Crippen LogP contribution in [0, 0.1) is 6.92 Å². The molecule has 2 heterocycles. The van der Waals surface area contributed by atoms with Gasteiger partial charge < -0.3 is 14.2 Å². The van der Waals surface area contributed by atoms with Crippen LogP contribution in [0.15, 0.2) is 47.0 Å². The van der Waals surface area contributed by atoms with E-state index in [1.807, 2.05) is 49.4 Å². The van der Waals surface area contributed by atoms with Crippen molar-refractivity contribution in [1.82, 2.24) is 10.1 Å². The van der Waals surface area contributed by atoms with Crippen LogP contribution in [0.1, 0.15) is 35.2 Å². The van der Waals surface area contributed by atoms with Crippen molar-refractivity contribution in [2.45, 2.75) is 32.1 Å². The molecule has 1 saturated heterocycles. The minimum absolute atomic E-state index is 0.0462. The Balaban J connectivity index is 1.41. The molecule has 1 fully saturated rings. The Labute approximate surface area is 174 Å². The molecular weight excluding hydrogens is 390 g/mol. The van der Waals surface area contributed by atoms with Crippen LogP contribution in [-0.2, 0) is 17.6 Å². The second-order valence-electron chi connectivity index (χ2n) is 7.23. The minimum Gasteiger partial charge on any atom is -0.497 e. The lowest BCUT2D eigenvalue weighted by atomic mass is 10.1. The molecule has 3 aromatic rings. The van der Waals surface area contributed by atoms with E-state index in [9.17, 15) is 4.79 Å². The molecule has 29 heavy (non-hydrogen) atoms. The summed E-state index contributed by atoms with van der Waals surface area (Å²) in [5.74, 6) is 1.97. The van der Waals surface area contributed by atoms with Crippen molar-refractivity contribution >= 4 is 23.2 Å². The molecule has 1 atom stereocenters. The van der Waals surface area contributed by atoms with Gasteiger partial charge in [0.15, 0.2) is 5.82 Å². The second-order valence-corrected chi connectivity index (χ2v) is 7.67. The fourth-order valence-electron chi connectivity index (χ4n) is 3.57. The zero-order valence-corrected chi connectivity index (χ0v) is 17.1. The van der Waals surface area contributed by atoms with Gasteiger partial charge in [-0.25, -0.2) is 0 Å². The number of hydrogen-bond donors (Lipinski definition) is 0. The molecule has 1 aromatic heterocycles. The van der Waals surface area contributed by atoms with E-state index in [0.717, 1.165) is 23.4 Å². The van der Waals surface area contributed by atoms with Crippen molar-refractivity contribution < 1.29 is 14.1 Å². The van der Waals surface area contributed by atoms with Crippen LogP contribution in [0.2, 0.25) is 5.02 Å². The van der Waals surface area contributed by atoms with E-state index < -0.39 is 0 Å². The first kappa shape index (κ1) is 19.5. The topological polar surface area (TPSA) is 68.5 Å². The summed E-state index contributed by atoms with van der Waals surface area (Å²) < 4.78 is 10.6. The quantitative estimate of drug-likeness (QED) is 0.603. The molecule has 0 aliphatic carbocycles. The van der Waals surface area contributed by atoms with Crippen LogP contribution in [0.3, 0.4) is 0 Å². The zero-order chi connectivity index (χ0) is 20.4. The number of aromatic nitrogens is 2. The summed E-state index contributed by atoms with van der Waals surface area (Å²) in [6.45, 7) is 2.50. The average molecular weight is 412 g/mol. The lowest BCUT2D eigenvalue weighted by Crippen LogP contribution is -2.25. The standard InChI is InChI=1S/C22H22ClN3O3/c1-14-3-7-17(23)12-19(14)26-13-16(11-21(26)27)22-24-20(29-25-22)10-6-15-4-8-18(28-2)9-5-15/h3-5,7-9,12,16H,6,10-11,13H2,1-2H3. The molecule has 1 aliphatic rings. The summed E-state index contributed by atoms with van der Waals surface area (Å²) in [6.07, 6.45) is 1.81. The Kier molecular flexibility index (Phi) is 5.53. The molecule has 1 amide bonds. The molecular formula is C22H22ClN3O3. The highest BCUT2D eigenvalue weighted by atomic mass is 35.5. The number of hydrogen-bond acceptors (Lipinski definition) is 5. The SMILES string of the molecule is COc1ccc(CCc2nc(C3CC(=O)N(c4cc(Cl)ccc4C)C3)no2)cc1. The highest BCUT2D eigenvalue weighted by molar-refractivity contribution is 6.31. The number of aryl methyl sites for hydroxylation is 3. The number of benzene rings is 2. The van der Waals surface area contributed by atoms with Crippen molar-refractivity contribution in [1.29, 1.82) is 0 Å². The molecule has 0 bridgehead atoms. The van der Waals surface area contributed by atoms with E-state index in [0.29, 0.717) is 36.1 Å². The fraction of sp³-hybridized carbons (Fsp3) is 0.318. The summed E-state index contributed by atoms with van der Waals surface area (Å²) in [5.41, 5.74) is 3.02. The number of nitrogens with zero attached hydrogens (tertiary/aromatic N) is 3. The number of carbonyl (C=O) groups excluding carboxylic acids is 1. The molecule has 4 rings (SSSR count). The molecule has 150 valence electrons. The van der Waals surface area contributed by atoms with Gasteiger partial charge in [0.05, 0.1) is 7.11 Å². The van der Waals surface area contributed by atoms with Gasteiger partial charge in [-0.05, 0) is 48.7 Å². The molecule has 2 aromatic carbocycles. The van der Waals surface area contributed by atoms with E-state index in [-0.39, 0.29) is 11.8 Å². The lowest BCUT2D eigenvalue weighted by Gasteiger charge is -2.19. The Bertz CT molecular complexity index is 1020. The van der Waals surface area contributed by atoms with Crippen LogP contribution in [0.25, 0.3) is 0 Å². The van der Waals surface area contributed by atoms with E-state index in [1.165, 1.54) is 5.56 Å². The van der Waals surface area contributed by atoms with Crippen molar-refractivity contribution in [3.05, 3.63) is 70.3 Å². The van der Waals surface area contributed by atoms with E-state index in [4.69, 9.17) is 20.9 Å². The Morgan fingerprint density at radius 2 is 2.00 bits per heavy atom. The predicted molar refractivity (Wildman–Crippen MR) is 111 cm³/mol. The van der Waals surface area contributed by atoms with E-state index in [1.54, 1.807) is 12.0 Å². The van der Waals surface area contributed by atoms with Gasteiger partial charge in [-0.3, -0.25) is 4.79 Å². The molecule has 6 nitrogen and oxygen atoms in total. The van der Waals surface area contributed by atoms with Gasteiger partial charge in [0.25, 0.3) is 0 Å². The smallest absolute Gasteiger partial charge is 0.227 e. The normalized spacial score (nSPS) is 16.4. The third-order valence-corrected chi connectivity index (χ3v) is 5.46. The largest absolute Gasteiger partial charge is 0.497 e. The number of methoxy groups -OCH3 is 1. The van der Waals surface area contributed by atoms with Crippen LogP contribution in [0.5, 0.6) is 5.75 Å². The summed E-state index contributed by atoms with van der Waals surface area (Å²) in [5, 5.41) is 4.74. The van der Waals surface area contributed by atoms with Crippen molar-refractivity contribution in [2.75, 3.05) is 18.6 Å². The van der Waals surface area contributed by atoms with Crippen LogP contribution in [0.4, 0.5) is 5.69 Å². The maximum atomic E-state index is 12.6.